The Morgan fingerprint density at radius 3 is 2.53 bits per heavy atom. The summed E-state index contributed by atoms with van der Waals surface area (Å²) in [4.78, 5) is 10.8. The van der Waals surface area contributed by atoms with Crippen molar-refractivity contribution in [1.29, 1.82) is 0 Å². The SMILES string of the molecule is CCC(=C(c1ccc(/C=C/C(=O)O)cc1)c1ccc2[nH]ncc2c1)c1ccc(F)cc1Cl. The molecule has 0 bridgehead atoms. The summed E-state index contributed by atoms with van der Waals surface area (Å²) < 4.78 is 13.7. The van der Waals surface area contributed by atoms with E-state index in [0.717, 1.165) is 50.4 Å². The van der Waals surface area contributed by atoms with Crippen molar-refractivity contribution in [2.45, 2.75) is 13.3 Å². The first-order valence-electron chi connectivity index (χ1n) is 10.1. The molecule has 0 aliphatic heterocycles. The van der Waals surface area contributed by atoms with E-state index in [1.54, 1.807) is 18.3 Å². The monoisotopic (exact) mass is 446 g/mol. The number of nitrogens with one attached hydrogen (secondary N) is 1. The summed E-state index contributed by atoms with van der Waals surface area (Å²) in [5.74, 6) is -1.38. The molecule has 0 aliphatic carbocycles. The Morgan fingerprint density at radius 1 is 1.09 bits per heavy atom. The van der Waals surface area contributed by atoms with E-state index < -0.39 is 5.97 Å². The minimum atomic E-state index is -0.998. The molecule has 4 nitrogen and oxygen atoms in total. The van der Waals surface area contributed by atoms with Gasteiger partial charge in [0.2, 0.25) is 0 Å². The molecule has 1 aromatic heterocycles. The number of hydrogen-bond donors (Lipinski definition) is 2. The van der Waals surface area contributed by atoms with Crippen molar-refractivity contribution in [1.82, 2.24) is 10.2 Å². The molecule has 32 heavy (non-hydrogen) atoms. The lowest BCUT2D eigenvalue weighted by Gasteiger charge is -2.17. The predicted octanol–water partition coefficient (Wildman–Crippen LogP) is 6.82. The number of carboxylic acid groups (broad SMARTS) is 1. The molecule has 6 heteroatoms. The molecule has 0 spiro atoms. The Hall–Kier alpha value is -3.70. The molecular formula is C26H20ClFN2O2. The zero-order chi connectivity index (χ0) is 22.7. The highest BCUT2D eigenvalue weighted by Crippen LogP contribution is 2.38. The number of carboxylic acids is 1. The van der Waals surface area contributed by atoms with E-state index in [4.69, 9.17) is 16.7 Å². The van der Waals surface area contributed by atoms with E-state index in [1.807, 2.05) is 43.3 Å². The summed E-state index contributed by atoms with van der Waals surface area (Å²) in [6, 6.07) is 18.1. The molecule has 0 radical (unpaired) electrons. The molecule has 4 aromatic rings. The lowest BCUT2D eigenvalue weighted by molar-refractivity contribution is -0.131. The number of allylic oxidation sites excluding steroid dienone is 1. The minimum absolute atomic E-state index is 0.352. The normalized spacial score (nSPS) is 12.3. The van der Waals surface area contributed by atoms with E-state index in [1.165, 1.54) is 12.1 Å². The molecule has 3 aromatic carbocycles. The number of benzene rings is 3. The van der Waals surface area contributed by atoms with Gasteiger partial charge in [-0.05, 0) is 70.2 Å². The molecular weight excluding hydrogens is 427 g/mol. The van der Waals surface area contributed by atoms with Crippen LogP contribution in [0.5, 0.6) is 0 Å². The molecule has 4 rings (SSSR count). The zero-order valence-corrected chi connectivity index (χ0v) is 18.0. The summed E-state index contributed by atoms with van der Waals surface area (Å²) in [5, 5.41) is 17.3. The van der Waals surface area contributed by atoms with Gasteiger partial charge in [-0.3, -0.25) is 5.10 Å². The van der Waals surface area contributed by atoms with Gasteiger partial charge in [-0.15, -0.1) is 0 Å². The Bertz CT molecular complexity index is 1350. The fraction of sp³-hybridized carbons (Fsp3) is 0.0769. The third kappa shape index (κ3) is 4.48. The number of fused-ring (bicyclic) bond motifs is 1. The van der Waals surface area contributed by atoms with Gasteiger partial charge in [-0.2, -0.15) is 5.10 Å². The summed E-state index contributed by atoms with van der Waals surface area (Å²) in [6.07, 6.45) is 5.09. The van der Waals surface area contributed by atoms with Gasteiger partial charge >= 0.3 is 5.97 Å². The highest BCUT2D eigenvalue weighted by Gasteiger charge is 2.16. The van der Waals surface area contributed by atoms with E-state index in [0.29, 0.717) is 11.4 Å². The first-order valence-corrected chi connectivity index (χ1v) is 10.5. The van der Waals surface area contributed by atoms with Crippen molar-refractivity contribution in [3.63, 3.8) is 0 Å². The lowest BCUT2D eigenvalue weighted by Crippen LogP contribution is -1.96. The predicted molar refractivity (Wildman–Crippen MR) is 127 cm³/mol. The lowest BCUT2D eigenvalue weighted by atomic mass is 9.87. The Kier molecular flexibility index (Phi) is 6.19. The average Bonchev–Trinajstić information content (AvgIpc) is 3.25. The van der Waals surface area contributed by atoms with Crippen molar-refractivity contribution < 1.29 is 14.3 Å². The van der Waals surface area contributed by atoms with Crippen LogP contribution in [0.4, 0.5) is 4.39 Å². The van der Waals surface area contributed by atoms with E-state index >= 15 is 0 Å². The van der Waals surface area contributed by atoms with E-state index in [2.05, 4.69) is 16.3 Å². The van der Waals surface area contributed by atoms with Crippen LogP contribution in [0.25, 0.3) is 28.1 Å². The first-order chi connectivity index (χ1) is 15.5. The highest BCUT2D eigenvalue weighted by atomic mass is 35.5. The van der Waals surface area contributed by atoms with E-state index in [9.17, 15) is 9.18 Å². The second kappa shape index (κ2) is 9.20. The van der Waals surface area contributed by atoms with Gasteiger partial charge in [0.15, 0.2) is 0 Å². The zero-order valence-electron chi connectivity index (χ0n) is 17.3. The maximum absolute atomic E-state index is 13.7. The Morgan fingerprint density at radius 2 is 1.84 bits per heavy atom. The van der Waals surface area contributed by atoms with Crippen LogP contribution in [0.3, 0.4) is 0 Å². The van der Waals surface area contributed by atoms with E-state index in [-0.39, 0.29) is 5.82 Å². The fourth-order valence-corrected chi connectivity index (χ4v) is 4.06. The molecule has 1 heterocycles. The van der Waals surface area contributed by atoms with Crippen LogP contribution in [0.2, 0.25) is 5.02 Å². The van der Waals surface area contributed by atoms with Crippen molar-refractivity contribution in [3.8, 4) is 0 Å². The van der Waals surface area contributed by atoms with Gasteiger partial charge in [0.05, 0.1) is 16.7 Å². The van der Waals surface area contributed by atoms with Crippen molar-refractivity contribution in [3.05, 3.63) is 106 Å². The Balaban J connectivity index is 1.93. The number of rotatable bonds is 6. The van der Waals surface area contributed by atoms with Gasteiger partial charge in [0.1, 0.15) is 5.82 Å². The number of halogens is 2. The molecule has 0 amide bonds. The number of H-pyrrole nitrogens is 1. The molecule has 0 aliphatic rings. The van der Waals surface area contributed by atoms with Crippen LogP contribution in [-0.4, -0.2) is 21.3 Å². The van der Waals surface area contributed by atoms with Gasteiger partial charge in [0.25, 0.3) is 0 Å². The van der Waals surface area contributed by atoms with Crippen molar-refractivity contribution in [2.24, 2.45) is 0 Å². The van der Waals surface area contributed by atoms with Crippen LogP contribution < -0.4 is 0 Å². The number of hydrogen-bond acceptors (Lipinski definition) is 2. The number of aromatic amines is 1. The topological polar surface area (TPSA) is 66.0 Å². The minimum Gasteiger partial charge on any atom is -0.478 e. The maximum Gasteiger partial charge on any atom is 0.328 e. The standard InChI is InChI=1S/C26H20ClFN2O2/c1-2-21(22-10-9-20(28)14-23(22)27)26(18-8-11-24-19(13-18)15-29-30-24)17-6-3-16(4-7-17)5-12-25(31)32/h3-15H,2H2,1H3,(H,29,30)(H,31,32)/b12-5+,26-21?. The molecule has 0 saturated carbocycles. The highest BCUT2D eigenvalue weighted by molar-refractivity contribution is 6.32. The largest absolute Gasteiger partial charge is 0.478 e. The average molecular weight is 447 g/mol. The van der Waals surface area contributed by atoms with Gasteiger partial charge in [-0.25, -0.2) is 9.18 Å². The number of nitrogens with zero attached hydrogens (tertiary/aromatic N) is 1. The number of aromatic nitrogens is 2. The quantitative estimate of drug-likeness (QED) is 0.252. The molecule has 0 atom stereocenters. The van der Waals surface area contributed by atoms with Crippen LogP contribution in [-0.2, 0) is 4.79 Å². The fourth-order valence-electron chi connectivity index (χ4n) is 3.78. The second-order valence-electron chi connectivity index (χ2n) is 7.30. The smallest absolute Gasteiger partial charge is 0.328 e. The molecule has 2 N–H and O–H groups in total. The van der Waals surface area contributed by atoms with Crippen LogP contribution in [0, 0.1) is 5.82 Å². The molecule has 160 valence electrons. The third-order valence-corrected chi connectivity index (χ3v) is 5.57. The van der Waals surface area contributed by atoms with Crippen LogP contribution in [0.1, 0.15) is 35.6 Å². The van der Waals surface area contributed by atoms with Crippen LogP contribution >= 0.6 is 11.6 Å². The van der Waals surface area contributed by atoms with Crippen LogP contribution in [0.15, 0.2) is 72.9 Å². The van der Waals surface area contributed by atoms with Gasteiger partial charge in [0, 0.05) is 11.5 Å². The van der Waals surface area contributed by atoms with Gasteiger partial charge < -0.3 is 5.11 Å². The van der Waals surface area contributed by atoms with Crippen molar-refractivity contribution in [2.75, 3.05) is 0 Å². The van der Waals surface area contributed by atoms with Gasteiger partial charge in [-0.1, -0.05) is 54.9 Å². The summed E-state index contributed by atoms with van der Waals surface area (Å²) in [6.45, 7) is 2.04. The number of carbonyl (C=O) groups is 1. The second-order valence-corrected chi connectivity index (χ2v) is 7.70. The molecule has 0 unspecified atom stereocenters. The molecule has 0 saturated heterocycles. The summed E-state index contributed by atoms with van der Waals surface area (Å²) in [7, 11) is 0. The third-order valence-electron chi connectivity index (χ3n) is 5.26. The Labute approximate surface area is 189 Å². The molecule has 0 fully saturated rings. The summed E-state index contributed by atoms with van der Waals surface area (Å²) in [5.41, 5.74) is 6.35. The first kappa shape index (κ1) is 21.5. The maximum atomic E-state index is 13.7. The number of aliphatic carboxylic acids is 1. The van der Waals surface area contributed by atoms with Crippen molar-refractivity contribution >= 4 is 45.7 Å². The summed E-state index contributed by atoms with van der Waals surface area (Å²) >= 11 is 6.44.